The minimum atomic E-state index is -0.713. The first-order valence-electron chi connectivity index (χ1n) is 8.82. The van der Waals surface area contributed by atoms with Gasteiger partial charge in [-0.1, -0.05) is 37.3 Å². The second kappa shape index (κ2) is 7.91. The molecule has 3 aromatic rings. The van der Waals surface area contributed by atoms with Crippen molar-refractivity contribution in [2.75, 3.05) is 17.7 Å². The predicted octanol–water partition coefficient (Wildman–Crippen LogP) is 1.64. The zero-order valence-corrected chi connectivity index (χ0v) is 15.5. The Bertz CT molecular complexity index is 1130. The summed E-state index contributed by atoms with van der Waals surface area (Å²) in [6.07, 6.45) is 1.96. The number of anilines is 3. The first-order chi connectivity index (χ1) is 13.5. The molecule has 3 rings (SSSR count). The number of benzene rings is 1. The molecule has 0 unspecified atom stereocenters. The Balaban J connectivity index is 1.91. The molecule has 0 radical (unpaired) electrons. The summed E-state index contributed by atoms with van der Waals surface area (Å²) in [4.78, 5) is 50.4. The van der Waals surface area contributed by atoms with Crippen LogP contribution in [-0.2, 0) is 0 Å². The lowest BCUT2D eigenvalue weighted by atomic mass is 10.0. The number of hydrogen-bond acceptors (Lipinski definition) is 6. The van der Waals surface area contributed by atoms with Gasteiger partial charge in [0.15, 0.2) is 0 Å². The Morgan fingerprint density at radius 3 is 2.39 bits per heavy atom. The SMILES string of the molecule is CC[C@@H](Nc1c(Nc2cc(C(=O)NC)c[nH]c2=O)c(=O)c1=O)c1ccccc1. The number of carbonyl (C=O) groups excluding carboxylic acids is 1. The normalized spacial score (nSPS) is 11.8. The molecule has 0 saturated carbocycles. The highest BCUT2D eigenvalue weighted by molar-refractivity contribution is 5.94. The van der Waals surface area contributed by atoms with Crippen LogP contribution in [0.5, 0.6) is 0 Å². The van der Waals surface area contributed by atoms with E-state index in [4.69, 9.17) is 0 Å². The van der Waals surface area contributed by atoms with Crippen LogP contribution in [0.2, 0.25) is 0 Å². The highest BCUT2D eigenvalue weighted by atomic mass is 16.2. The molecule has 0 saturated heterocycles. The zero-order valence-electron chi connectivity index (χ0n) is 15.5. The van der Waals surface area contributed by atoms with Gasteiger partial charge in [0, 0.05) is 13.2 Å². The smallest absolute Gasteiger partial charge is 0.271 e. The van der Waals surface area contributed by atoms with Crippen molar-refractivity contribution in [1.82, 2.24) is 10.3 Å². The topological polar surface area (TPSA) is 120 Å². The van der Waals surface area contributed by atoms with E-state index in [9.17, 15) is 19.2 Å². The standard InChI is InChI=1S/C20H20N4O4/c1-3-13(11-7-5-4-6-8-11)23-15-16(18(26)17(15)25)24-14-9-12(19(27)21-2)10-22-20(14)28/h4-10,13,23-24H,3H2,1-2H3,(H,21,27)(H,22,28)/t13-/m1/s1. The lowest BCUT2D eigenvalue weighted by molar-refractivity contribution is 0.0962. The average Bonchev–Trinajstić information content (AvgIpc) is 2.74. The monoisotopic (exact) mass is 380 g/mol. The van der Waals surface area contributed by atoms with Gasteiger partial charge >= 0.3 is 0 Å². The number of rotatable bonds is 7. The third-order valence-corrected chi connectivity index (χ3v) is 4.49. The van der Waals surface area contributed by atoms with E-state index in [1.54, 1.807) is 0 Å². The van der Waals surface area contributed by atoms with Crippen molar-refractivity contribution in [2.24, 2.45) is 0 Å². The lowest BCUT2D eigenvalue weighted by Gasteiger charge is -2.22. The lowest BCUT2D eigenvalue weighted by Crippen LogP contribution is -2.38. The number of aromatic amines is 1. The van der Waals surface area contributed by atoms with Crippen LogP contribution in [0.4, 0.5) is 17.1 Å². The maximum atomic E-state index is 12.1. The maximum absolute atomic E-state index is 12.1. The summed E-state index contributed by atoms with van der Waals surface area (Å²) in [7, 11) is 1.47. The van der Waals surface area contributed by atoms with Gasteiger partial charge in [-0.05, 0) is 18.1 Å². The quantitative estimate of drug-likeness (QED) is 0.463. The zero-order chi connectivity index (χ0) is 20.3. The van der Waals surface area contributed by atoms with E-state index in [-0.39, 0.29) is 28.7 Å². The number of carbonyl (C=O) groups is 1. The van der Waals surface area contributed by atoms with Gasteiger partial charge in [-0.25, -0.2) is 0 Å². The minimum absolute atomic E-state index is 0.00371. The molecule has 8 heteroatoms. The van der Waals surface area contributed by atoms with Crippen molar-refractivity contribution in [3.8, 4) is 0 Å². The summed E-state index contributed by atoms with van der Waals surface area (Å²) in [5.74, 6) is -0.391. The van der Waals surface area contributed by atoms with Crippen LogP contribution in [0.25, 0.3) is 0 Å². The minimum Gasteiger partial charge on any atom is -0.373 e. The molecule has 1 heterocycles. The Kier molecular flexibility index (Phi) is 5.39. The first-order valence-corrected chi connectivity index (χ1v) is 8.82. The molecule has 2 aromatic carbocycles. The number of amides is 1. The molecule has 1 atom stereocenters. The molecule has 8 nitrogen and oxygen atoms in total. The molecule has 1 aromatic heterocycles. The van der Waals surface area contributed by atoms with Crippen LogP contribution in [0, 0.1) is 0 Å². The van der Waals surface area contributed by atoms with Gasteiger partial charge in [-0.2, -0.15) is 0 Å². The summed E-state index contributed by atoms with van der Waals surface area (Å²) in [5, 5.41) is 8.24. The van der Waals surface area contributed by atoms with Gasteiger partial charge in [0.2, 0.25) is 0 Å². The molecule has 1 amide bonds. The fourth-order valence-corrected chi connectivity index (χ4v) is 2.92. The van der Waals surface area contributed by atoms with E-state index >= 15 is 0 Å². The van der Waals surface area contributed by atoms with Crippen LogP contribution < -0.4 is 32.4 Å². The van der Waals surface area contributed by atoms with Crippen molar-refractivity contribution in [2.45, 2.75) is 19.4 Å². The molecule has 144 valence electrons. The molecule has 0 aliphatic rings. The van der Waals surface area contributed by atoms with E-state index in [1.807, 2.05) is 37.3 Å². The molecular weight excluding hydrogens is 360 g/mol. The summed E-state index contributed by atoms with van der Waals surface area (Å²) >= 11 is 0. The van der Waals surface area contributed by atoms with Crippen LogP contribution in [0.15, 0.2) is 57.0 Å². The van der Waals surface area contributed by atoms with Crippen LogP contribution in [-0.4, -0.2) is 17.9 Å². The number of hydrogen-bond donors (Lipinski definition) is 4. The first kappa shape index (κ1) is 19.1. The third kappa shape index (κ3) is 3.57. The van der Waals surface area contributed by atoms with Gasteiger partial charge in [0.1, 0.15) is 17.1 Å². The molecule has 0 bridgehead atoms. The molecule has 0 spiro atoms. The summed E-state index contributed by atoms with van der Waals surface area (Å²) in [6.45, 7) is 1.96. The molecule has 28 heavy (non-hydrogen) atoms. The van der Waals surface area contributed by atoms with Crippen molar-refractivity contribution in [3.05, 3.63) is 84.5 Å². The predicted molar refractivity (Wildman–Crippen MR) is 108 cm³/mol. The van der Waals surface area contributed by atoms with Gasteiger partial charge in [0.25, 0.3) is 22.3 Å². The third-order valence-electron chi connectivity index (χ3n) is 4.49. The van der Waals surface area contributed by atoms with Crippen LogP contribution in [0.3, 0.4) is 0 Å². The summed E-state index contributed by atoms with van der Waals surface area (Å²) < 4.78 is 0. The Morgan fingerprint density at radius 1 is 1.07 bits per heavy atom. The van der Waals surface area contributed by atoms with E-state index in [1.165, 1.54) is 19.3 Å². The largest absolute Gasteiger partial charge is 0.373 e. The molecule has 0 fully saturated rings. The second-order valence-electron chi connectivity index (χ2n) is 6.26. The van der Waals surface area contributed by atoms with Crippen molar-refractivity contribution < 1.29 is 4.79 Å². The van der Waals surface area contributed by atoms with Crippen molar-refractivity contribution in [3.63, 3.8) is 0 Å². The Labute approximate surface area is 160 Å². The summed E-state index contributed by atoms with van der Waals surface area (Å²) in [6, 6.07) is 10.7. The average molecular weight is 380 g/mol. The molecule has 0 aliphatic heterocycles. The van der Waals surface area contributed by atoms with E-state index < -0.39 is 22.3 Å². The van der Waals surface area contributed by atoms with Gasteiger partial charge in [-0.3, -0.25) is 19.2 Å². The van der Waals surface area contributed by atoms with Crippen LogP contribution >= 0.6 is 0 Å². The van der Waals surface area contributed by atoms with Crippen molar-refractivity contribution in [1.29, 1.82) is 0 Å². The highest BCUT2D eigenvalue weighted by Gasteiger charge is 2.24. The van der Waals surface area contributed by atoms with Gasteiger partial charge in [-0.15, -0.1) is 0 Å². The van der Waals surface area contributed by atoms with E-state index in [0.29, 0.717) is 6.42 Å². The van der Waals surface area contributed by atoms with E-state index in [0.717, 1.165) is 5.56 Å². The Hall–Kier alpha value is -3.68. The number of H-pyrrole nitrogens is 1. The number of nitrogens with one attached hydrogen (secondary N) is 4. The summed E-state index contributed by atoms with van der Waals surface area (Å²) in [5.41, 5.74) is -0.530. The number of pyridine rings is 1. The fraction of sp³-hybridized carbons (Fsp3) is 0.200. The van der Waals surface area contributed by atoms with Crippen LogP contribution in [0.1, 0.15) is 35.3 Å². The highest BCUT2D eigenvalue weighted by Crippen LogP contribution is 2.26. The van der Waals surface area contributed by atoms with Gasteiger partial charge < -0.3 is 20.9 Å². The maximum Gasteiger partial charge on any atom is 0.271 e. The fourth-order valence-electron chi connectivity index (χ4n) is 2.92. The Morgan fingerprint density at radius 2 is 1.75 bits per heavy atom. The number of aromatic nitrogens is 1. The molecule has 4 N–H and O–H groups in total. The van der Waals surface area contributed by atoms with Crippen molar-refractivity contribution >= 4 is 23.0 Å². The van der Waals surface area contributed by atoms with E-state index in [2.05, 4.69) is 20.9 Å². The second-order valence-corrected chi connectivity index (χ2v) is 6.26. The molecular formula is C20H20N4O4. The molecule has 0 aliphatic carbocycles. The van der Waals surface area contributed by atoms with Gasteiger partial charge in [0.05, 0.1) is 11.6 Å².